The number of piperidine rings is 1. The number of carbonyl (C=O) groups is 1. The zero-order chi connectivity index (χ0) is 24.8. The summed E-state index contributed by atoms with van der Waals surface area (Å²) in [6.45, 7) is 7.12. The topological polar surface area (TPSA) is 60.9 Å². The Bertz CT molecular complexity index is 871. The van der Waals surface area contributed by atoms with Crippen LogP contribution in [0.25, 0.3) is 0 Å². The van der Waals surface area contributed by atoms with E-state index in [4.69, 9.17) is 0 Å². The van der Waals surface area contributed by atoms with Gasteiger partial charge in [0.05, 0.1) is 18.0 Å². The summed E-state index contributed by atoms with van der Waals surface area (Å²) < 4.78 is 64.2. The van der Waals surface area contributed by atoms with Crippen LogP contribution in [0.5, 0.6) is 0 Å². The van der Waals surface area contributed by atoms with Crippen molar-refractivity contribution in [2.24, 2.45) is 5.92 Å². The predicted molar refractivity (Wildman–Crippen MR) is 123 cm³/mol. The molecule has 188 valence electrons. The van der Waals surface area contributed by atoms with Crippen LogP contribution in [-0.4, -0.2) is 80.5 Å². The van der Waals surface area contributed by atoms with Gasteiger partial charge in [-0.1, -0.05) is 25.1 Å². The smallest absolute Gasteiger partial charge is 0.303 e. The van der Waals surface area contributed by atoms with Crippen LogP contribution in [0.3, 0.4) is 0 Å². The van der Waals surface area contributed by atoms with Crippen LogP contribution in [-0.2, 0) is 27.4 Å². The Morgan fingerprint density at radius 2 is 1.88 bits per heavy atom. The van der Waals surface area contributed by atoms with E-state index < -0.39 is 27.9 Å². The molecule has 0 aliphatic carbocycles. The van der Waals surface area contributed by atoms with Gasteiger partial charge in [-0.25, -0.2) is 8.42 Å². The zero-order valence-corrected chi connectivity index (χ0v) is 20.7. The highest BCUT2D eigenvalue weighted by atomic mass is 32.2. The zero-order valence-electron chi connectivity index (χ0n) is 19.9. The SMILES string of the molecule is CCN(CC1CCN(C(CC=O)N(C)S(C)(=O)=O)CC1)C(C)Cc1cccc(C(F)(F)F)c1. The van der Waals surface area contributed by atoms with Crippen molar-refractivity contribution < 1.29 is 26.4 Å². The van der Waals surface area contributed by atoms with Crippen LogP contribution in [0, 0.1) is 5.92 Å². The van der Waals surface area contributed by atoms with E-state index in [1.807, 2.05) is 11.8 Å². The number of hydrogen-bond donors (Lipinski definition) is 0. The Morgan fingerprint density at radius 1 is 1.24 bits per heavy atom. The molecule has 1 aliphatic rings. The van der Waals surface area contributed by atoms with Crippen molar-refractivity contribution in [1.29, 1.82) is 0 Å². The van der Waals surface area contributed by atoms with Gasteiger partial charge >= 0.3 is 6.18 Å². The average molecular weight is 492 g/mol. The Kier molecular flexibility index (Phi) is 9.90. The second kappa shape index (κ2) is 11.8. The van der Waals surface area contributed by atoms with E-state index in [0.29, 0.717) is 31.0 Å². The summed E-state index contributed by atoms with van der Waals surface area (Å²) in [6, 6.07) is 5.62. The minimum atomic E-state index is -4.34. The fourth-order valence-corrected chi connectivity index (χ4v) is 5.23. The first-order chi connectivity index (χ1) is 15.4. The van der Waals surface area contributed by atoms with Crippen molar-refractivity contribution in [3.63, 3.8) is 0 Å². The molecule has 2 atom stereocenters. The molecular formula is C23H36F3N3O3S. The third kappa shape index (κ3) is 8.05. The summed E-state index contributed by atoms with van der Waals surface area (Å²) >= 11 is 0. The predicted octanol–water partition coefficient (Wildman–Crippen LogP) is 3.48. The van der Waals surface area contributed by atoms with Gasteiger partial charge in [0, 0.05) is 26.1 Å². The van der Waals surface area contributed by atoms with Crippen LogP contribution in [0.2, 0.25) is 0 Å². The molecular weight excluding hydrogens is 455 g/mol. The monoisotopic (exact) mass is 491 g/mol. The van der Waals surface area contributed by atoms with Gasteiger partial charge in [0.15, 0.2) is 0 Å². The second-order valence-electron chi connectivity index (χ2n) is 8.98. The molecule has 1 aromatic carbocycles. The molecule has 2 unspecified atom stereocenters. The number of alkyl halides is 3. The number of carbonyl (C=O) groups excluding carboxylic acids is 1. The van der Waals surface area contributed by atoms with E-state index in [1.165, 1.54) is 23.5 Å². The van der Waals surface area contributed by atoms with E-state index in [9.17, 15) is 26.4 Å². The maximum Gasteiger partial charge on any atom is 0.416 e. The van der Waals surface area contributed by atoms with Crippen LogP contribution in [0.15, 0.2) is 24.3 Å². The van der Waals surface area contributed by atoms with E-state index in [0.717, 1.165) is 44.5 Å². The van der Waals surface area contributed by atoms with Crippen molar-refractivity contribution >= 4 is 16.3 Å². The molecule has 1 fully saturated rings. The third-order valence-electron chi connectivity index (χ3n) is 6.63. The Morgan fingerprint density at radius 3 is 2.39 bits per heavy atom. The molecule has 0 bridgehead atoms. The van der Waals surface area contributed by atoms with E-state index in [1.54, 1.807) is 6.07 Å². The summed E-state index contributed by atoms with van der Waals surface area (Å²) in [5.74, 6) is 0.408. The molecule has 0 spiro atoms. The molecule has 0 N–H and O–H groups in total. The van der Waals surface area contributed by atoms with E-state index >= 15 is 0 Å². The van der Waals surface area contributed by atoms with Gasteiger partial charge in [-0.2, -0.15) is 17.5 Å². The number of sulfonamides is 1. The Balaban J connectivity index is 1.95. The summed E-state index contributed by atoms with van der Waals surface area (Å²) in [5, 5.41) is 0. The average Bonchev–Trinajstić information content (AvgIpc) is 2.74. The minimum absolute atomic E-state index is 0.0932. The van der Waals surface area contributed by atoms with E-state index in [2.05, 4.69) is 11.8 Å². The summed E-state index contributed by atoms with van der Waals surface area (Å²) in [7, 11) is -1.91. The molecule has 1 heterocycles. The summed E-state index contributed by atoms with van der Waals surface area (Å²) in [4.78, 5) is 15.5. The molecule has 0 amide bonds. The van der Waals surface area contributed by atoms with Crippen molar-refractivity contribution in [2.45, 2.75) is 57.9 Å². The number of likely N-dealkylation sites (tertiary alicyclic amines) is 1. The molecule has 0 aromatic heterocycles. The molecule has 33 heavy (non-hydrogen) atoms. The van der Waals surface area contributed by atoms with Gasteiger partial charge in [-0.3, -0.25) is 4.90 Å². The molecule has 1 aliphatic heterocycles. The number of aldehydes is 1. The largest absolute Gasteiger partial charge is 0.416 e. The van der Waals surface area contributed by atoms with Gasteiger partial charge < -0.3 is 9.69 Å². The standard InChI is InChI=1S/C23H36F3N3O3S/c1-5-28(18(2)15-20-7-6-8-21(16-20)23(24,25)26)17-19-9-12-29(13-10-19)22(11-14-30)27(3)33(4,31)32/h6-8,14,16,18-19,22H,5,9-13,15,17H2,1-4H3. The minimum Gasteiger partial charge on any atom is -0.303 e. The maximum atomic E-state index is 13.0. The first-order valence-corrected chi connectivity index (χ1v) is 13.2. The number of hydrogen-bond acceptors (Lipinski definition) is 5. The van der Waals surface area contributed by atoms with E-state index in [-0.39, 0.29) is 12.5 Å². The first-order valence-electron chi connectivity index (χ1n) is 11.4. The van der Waals surface area contributed by atoms with Crippen molar-refractivity contribution in [2.75, 3.05) is 39.5 Å². The molecule has 2 rings (SSSR count). The van der Waals surface area contributed by atoms with Crippen molar-refractivity contribution in [1.82, 2.24) is 14.1 Å². The number of halogens is 3. The number of benzene rings is 1. The highest BCUT2D eigenvalue weighted by Crippen LogP contribution is 2.30. The first kappa shape index (κ1) is 27.8. The summed E-state index contributed by atoms with van der Waals surface area (Å²) in [5.41, 5.74) is 0.0534. The van der Waals surface area contributed by atoms with Gasteiger partial charge in [0.25, 0.3) is 0 Å². The summed E-state index contributed by atoms with van der Waals surface area (Å²) in [6.07, 6.45) is -0.500. The fourth-order valence-electron chi connectivity index (χ4n) is 4.57. The van der Waals surface area contributed by atoms with Crippen LogP contribution < -0.4 is 0 Å². The molecule has 6 nitrogen and oxygen atoms in total. The number of likely N-dealkylation sites (N-methyl/N-ethyl adjacent to an activating group) is 1. The number of rotatable bonds is 11. The van der Waals surface area contributed by atoms with Crippen LogP contribution >= 0.6 is 0 Å². The van der Waals surface area contributed by atoms with Crippen molar-refractivity contribution in [3.8, 4) is 0 Å². The Hall–Kier alpha value is -1.49. The normalized spacial score (nSPS) is 18.6. The Labute approximate surface area is 195 Å². The lowest BCUT2D eigenvalue weighted by Crippen LogP contribution is -2.52. The second-order valence-corrected chi connectivity index (χ2v) is 11.0. The lowest BCUT2D eigenvalue weighted by Gasteiger charge is -2.41. The number of nitrogens with zero attached hydrogens (tertiary/aromatic N) is 3. The van der Waals surface area contributed by atoms with Gasteiger partial charge in [-0.15, -0.1) is 0 Å². The van der Waals surface area contributed by atoms with Gasteiger partial charge in [-0.05, 0) is 63.4 Å². The highest BCUT2D eigenvalue weighted by molar-refractivity contribution is 7.88. The quantitative estimate of drug-likeness (QED) is 0.444. The lowest BCUT2D eigenvalue weighted by atomic mass is 9.94. The molecule has 1 aromatic rings. The van der Waals surface area contributed by atoms with Crippen molar-refractivity contribution in [3.05, 3.63) is 35.4 Å². The van der Waals surface area contributed by atoms with Crippen LogP contribution in [0.1, 0.15) is 44.2 Å². The van der Waals surface area contributed by atoms with Gasteiger partial charge in [0.1, 0.15) is 6.29 Å². The highest BCUT2D eigenvalue weighted by Gasteiger charge is 2.32. The third-order valence-corrected chi connectivity index (χ3v) is 7.92. The molecule has 0 radical (unpaired) electrons. The molecule has 0 saturated carbocycles. The van der Waals surface area contributed by atoms with Gasteiger partial charge in [0.2, 0.25) is 10.0 Å². The maximum absolute atomic E-state index is 13.0. The molecule has 1 saturated heterocycles. The van der Waals surface area contributed by atoms with Crippen LogP contribution in [0.4, 0.5) is 13.2 Å². The molecule has 10 heteroatoms. The fraction of sp³-hybridized carbons (Fsp3) is 0.696. The lowest BCUT2D eigenvalue weighted by molar-refractivity contribution is -0.137.